The molecular weight excluding hydrogens is 382 g/mol. The van der Waals surface area contributed by atoms with Crippen LogP contribution in [0.15, 0.2) is 35.0 Å². The fourth-order valence-electron chi connectivity index (χ4n) is 4.83. The summed E-state index contributed by atoms with van der Waals surface area (Å²) in [6.45, 7) is 0. The first-order valence-electron chi connectivity index (χ1n) is 8.92. The van der Waals surface area contributed by atoms with Gasteiger partial charge in [-0.3, -0.25) is 0 Å². The molecule has 0 aromatic carbocycles. The summed E-state index contributed by atoms with van der Waals surface area (Å²) in [6.07, 6.45) is 2.05. The molecule has 3 aliphatic heterocycles. The van der Waals surface area contributed by atoms with Crippen LogP contribution in [0.5, 0.6) is 0 Å². The fraction of sp³-hybridized carbons (Fsp3) is 0.550. The fourth-order valence-corrected chi connectivity index (χ4v) is 6.54. The third-order valence-electron chi connectivity index (χ3n) is 6.36. The van der Waals surface area contributed by atoms with Gasteiger partial charge in [-0.05, 0) is 22.9 Å². The second-order valence-electron chi connectivity index (χ2n) is 7.99. The Hall–Kier alpha value is -1.25. The summed E-state index contributed by atoms with van der Waals surface area (Å²) in [5.74, 6) is -0.561. The number of morpholine rings is 1. The number of carbonyl (C=O) groups excluding carboxylic acids is 1. The number of likely N-dealkylation sites (N-methyl/N-ethyl adjacent to an activating group) is 1. The number of hydrogen-bond acceptors (Lipinski definition) is 6. The maximum absolute atomic E-state index is 13.1. The second kappa shape index (κ2) is 6.39. The maximum atomic E-state index is 13.1. The Morgan fingerprint density at radius 2 is 1.67 bits per heavy atom. The Labute approximate surface area is 167 Å². The molecule has 1 N–H and O–H groups in total. The molecule has 0 radical (unpaired) electrons. The van der Waals surface area contributed by atoms with Crippen LogP contribution in [-0.2, 0) is 19.9 Å². The van der Waals surface area contributed by atoms with Crippen LogP contribution >= 0.6 is 22.7 Å². The van der Waals surface area contributed by atoms with E-state index in [-0.39, 0.29) is 13.5 Å². The Balaban J connectivity index is 0.00000180. The molecular formula is C20H26NO4S2+. The van der Waals surface area contributed by atoms with E-state index >= 15 is 0 Å². The number of hydrogen-bond donors (Lipinski definition) is 1. The van der Waals surface area contributed by atoms with Gasteiger partial charge >= 0.3 is 5.97 Å². The number of carbonyl (C=O) groups is 1. The quantitative estimate of drug-likeness (QED) is 0.480. The molecule has 5 atom stereocenters. The molecule has 5 nitrogen and oxygen atoms in total. The number of aliphatic hydroxyl groups is 1. The van der Waals surface area contributed by atoms with Crippen molar-refractivity contribution in [3.63, 3.8) is 0 Å². The van der Waals surface area contributed by atoms with Crippen LogP contribution in [0.2, 0.25) is 0 Å². The van der Waals surface area contributed by atoms with Crippen LogP contribution < -0.4 is 0 Å². The molecule has 146 valence electrons. The highest BCUT2D eigenvalue weighted by Gasteiger charge is 2.71. The predicted octanol–water partition coefficient (Wildman–Crippen LogP) is 2.98. The number of rotatable bonds is 4. The average Bonchev–Trinajstić information content (AvgIpc) is 2.98. The smallest absolute Gasteiger partial charge is 0.349 e. The lowest BCUT2D eigenvalue weighted by molar-refractivity contribution is -0.938. The van der Waals surface area contributed by atoms with E-state index < -0.39 is 11.6 Å². The standard InChI is InChI=1S/C19H22NO4S2.CH4/c1-20(2)12-9-11(10-13(20)17-16(12)24-17)23-18(21)19(22,14-5-3-7-25-14)15-6-4-8-26-15;/h3-8,11-13,16-17,22H,9-10H2,1-2H3;1H4/q+1;/t11?,12-,13?,16+,17?;/m0./s1. The van der Waals surface area contributed by atoms with Crippen LogP contribution in [-0.4, -0.2) is 60.0 Å². The number of fused-ring (bicyclic) bond motifs is 5. The number of ether oxygens (including phenoxy) is 2. The SMILES string of the molecule is C.C[N+]1(C)C2CC(OC(=O)C(O)(c3cccs3)c3cccs3)C[C@H]1[C@H]1OC21. The molecule has 0 aliphatic carbocycles. The second-order valence-corrected chi connectivity index (χ2v) is 9.89. The highest BCUT2D eigenvalue weighted by atomic mass is 32.1. The molecule has 3 saturated heterocycles. The molecule has 7 heteroatoms. The van der Waals surface area contributed by atoms with E-state index in [1.54, 1.807) is 12.1 Å². The summed E-state index contributed by atoms with van der Waals surface area (Å²) in [6, 6.07) is 8.01. The van der Waals surface area contributed by atoms with Gasteiger partial charge in [-0.15, -0.1) is 22.7 Å². The van der Waals surface area contributed by atoms with Crippen molar-refractivity contribution < 1.29 is 23.9 Å². The van der Waals surface area contributed by atoms with Crippen LogP contribution in [0.3, 0.4) is 0 Å². The molecule has 2 bridgehead atoms. The van der Waals surface area contributed by atoms with Crippen LogP contribution in [0.1, 0.15) is 30.0 Å². The molecule has 0 amide bonds. The number of esters is 1. The van der Waals surface area contributed by atoms with Gasteiger partial charge in [0.2, 0.25) is 5.60 Å². The normalized spacial score (nSPS) is 33.1. The van der Waals surface area contributed by atoms with E-state index in [9.17, 15) is 9.90 Å². The summed E-state index contributed by atoms with van der Waals surface area (Å²) < 4.78 is 12.6. The molecule has 5 heterocycles. The van der Waals surface area contributed by atoms with E-state index in [0.29, 0.717) is 34.0 Å². The van der Waals surface area contributed by atoms with Gasteiger partial charge in [0.15, 0.2) is 0 Å². The maximum Gasteiger partial charge on any atom is 0.349 e. The van der Waals surface area contributed by atoms with Gasteiger partial charge in [0.25, 0.3) is 0 Å². The highest BCUT2D eigenvalue weighted by molar-refractivity contribution is 7.12. The van der Waals surface area contributed by atoms with Crippen molar-refractivity contribution in [2.24, 2.45) is 0 Å². The van der Waals surface area contributed by atoms with Crippen molar-refractivity contribution in [2.75, 3.05) is 14.1 Å². The van der Waals surface area contributed by atoms with Crippen molar-refractivity contribution in [3.8, 4) is 0 Å². The Morgan fingerprint density at radius 3 is 2.11 bits per heavy atom. The van der Waals surface area contributed by atoms with Crippen LogP contribution in [0, 0.1) is 0 Å². The first kappa shape index (κ1) is 19.1. The van der Waals surface area contributed by atoms with E-state index in [4.69, 9.17) is 9.47 Å². The van der Waals surface area contributed by atoms with Gasteiger partial charge in [-0.25, -0.2) is 4.79 Å². The average molecular weight is 409 g/mol. The van der Waals surface area contributed by atoms with Crippen molar-refractivity contribution in [1.82, 2.24) is 0 Å². The van der Waals surface area contributed by atoms with Gasteiger partial charge < -0.3 is 19.1 Å². The van der Waals surface area contributed by atoms with Crippen molar-refractivity contribution in [3.05, 3.63) is 44.8 Å². The Morgan fingerprint density at radius 1 is 1.15 bits per heavy atom. The predicted molar refractivity (Wildman–Crippen MR) is 106 cm³/mol. The Kier molecular flexibility index (Phi) is 4.51. The first-order chi connectivity index (χ1) is 12.4. The molecule has 27 heavy (non-hydrogen) atoms. The van der Waals surface area contributed by atoms with E-state index in [2.05, 4.69) is 14.1 Å². The summed E-state index contributed by atoms with van der Waals surface area (Å²) in [4.78, 5) is 14.3. The topological polar surface area (TPSA) is 59.1 Å². The summed E-state index contributed by atoms with van der Waals surface area (Å²) >= 11 is 2.74. The van der Waals surface area contributed by atoms with Gasteiger partial charge in [0.1, 0.15) is 30.4 Å². The molecule has 3 aliphatic rings. The molecule has 0 saturated carbocycles. The van der Waals surface area contributed by atoms with E-state index in [1.807, 2.05) is 22.9 Å². The molecule has 2 aromatic rings. The minimum atomic E-state index is -1.72. The van der Waals surface area contributed by atoms with Gasteiger partial charge in [0, 0.05) is 12.8 Å². The zero-order valence-electron chi connectivity index (χ0n) is 14.7. The monoisotopic (exact) mass is 408 g/mol. The summed E-state index contributed by atoms with van der Waals surface area (Å²) in [5, 5.41) is 15.1. The molecule has 2 aromatic heterocycles. The minimum Gasteiger partial charge on any atom is -0.459 e. The third kappa shape index (κ3) is 2.71. The number of epoxide rings is 1. The minimum absolute atomic E-state index is 0. The first-order valence-corrected chi connectivity index (χ1v) is 10.7. The van der Waals surface area contributed by atoms with Crippen LogP contribution in [0.25, 0.3) is 0 Å². The van der Waals surface area contributed by atoms with Crippen molar-refractivity contribution in [1.29, 1.82) is 0 Å². The van der Waals surface area contributed by atoms with E-state index in [1.165, 1.54) is 22.7 Å². The lowest BCUT2D eigenvalue weighted by Gasteiger charge is -2.45. The van der Waals surface area contributed by atoms with Crippen molar-refractivity contribution in [2.45, 2.75) is 56.3 Å². The molecule has 0 spiro atoms. The lowest BCUT2D eigenvalue weighted by atomic mass is 9.95. The largest absolute Gasteiger partial charge is 0.459 e. The van der Waals surface area contributed by atoms with Crippen molar-refractivity contribution >= 4 is 28.6 Å². The number of nitrogens with zero attached hydrogens (tertiary/aromatic N) is 1. The zero-order chi connectivity index (χ0) is 18.1. The highest BCUT2D eigenvalue weighted by Crippen LogP contribution is 2.52. The molecule has 5 rings (SSSR count). The number of piperidine rings is 1. The van der Waals surface area contributed by atoms with Gasteiger partial charge in [-0.1, -0.05) is 19.6 Å². The summed E-state index contributed by atoms with van der Waals surface area (Å²) in [7, 11) is 4.49. The summed E-state index contributed by atoms with van der Waals surface area (Å²) in [5.41, 5.74) is -1.72. The van der Waals surface area contributed by atoms with Gasteiger partial charge in [0.05, 0.1) is 23.8 Å². The Bertz CT molecular complexity index is 763. The molecule has 3 unspecified atom stereocenters. The van der Waals surface area contributed by atoms with Crippen LogP contribution in [0.4, 0.5) is 0 Å². The van der Waals surface area contributed by atoms with E-state index in [0.717, 1.165) is 17.3 Å². The molecule has 3 fully saturated rings. The number of quaternary nitrogens is 1. The van der Waals surface area contributed by atoms with Gasteiger partial charge in [-0.2, -0.15) is 0 Å². The third-order valence-corrected chi connectivity index (χ3v) is 8.32. The zero-order valence-corrected chi connectivity index (χ0v) is 16.3. The lowest BCUT2D eigenvalue weighted by Crippen LogP contribution is -2.60. The number of thiophene rings is 2.